The van der Waals surface area contributed by atoms with E-state index in [0.29, 0.717) is 24.3 Å². The van der Waals surface area contributed by atoms with Gasteiger partial charge >= 0.3 is 12.1 Å². The Kier molecular flexibility index (Phi) is 6.52. The summed E-state index contributed by atoms with van der Waals surface area (Å²) in [6.07, 6.45) is -4.40. The van der Waals surface area contributed by atoms with Gasteiger partial charge in [-0.15, -0.1) is 0 Å². The summed E-state index contributed by atoms with van der Waals surface area (Å²) in [5, 5.41) is 3.09. The van der Waals surface area contributed by atoms with Gasteiger partial charge in [-0.25, -0.2) is 4.79 Å². The fourth-order valence-corrected chi connectivity index (χ4v) is 1.92. The Morgan fingerprint density at radius 1 is 1.38 bits per heavy atom. The molecule has 1 unspecified atom stereocenters. The van der Waals surface area contributed by atoms with Gasteiger partial charge in [0.1, 0.15) is 0 Å². The van der Waals surface area contributed by atoms with E-state index in [1.807, 2.05) is 6.92 Å². The van der Waals surface area contributed by atoms with Gasteiger partial charge in [0.25, 0.3) is 0 Å². The number of anilines is 1. The van der Waals surface area contributed by atoms with Gasteiger partial charge in [0.15, 0.2) is 0 Å². The molecule has 1 aromatic rings. The normalized spacial score (nSPS) is 12.8. The van der Waals surface area contributed by atoms with Gasteiger partial charge in [-0.05, 0) is 44.9 Å². The molecule has 1 aromatic carbocycles. The number of hydrogen-bond acceptors (Lipinski definition) is 3. The number of halogens is 3. The fraction of sp³-hybridized carbons (Fsp3) is 0.533. The minimum absolute atomic E-state index is 0.0786. The van der Waals surface area contributed by atoms with Crippen molar-refractivity contribution in [3.63, 3.8) is 0 Å². The molecule has 0 fully saturated rings. The molecule has 21 heavy (non-hydrogen) atoms. The first kappa shape index (κ1) is 17.3. The van der Waals surface area contributed by atoms with E-state index in [4.69, 9.17) is 4.74 Å². The molecule has 0 saturated heterocycles. The smallest absolute Gasteiger partial charge is 0.389 e. The summed E-state index contributed by atoms with van der Waals surface area (Å²) in [6.45, 7) is 3.83. The van der Waals surface area contributed by atoms with Crippen molar-refractivity contribution in [3.8, 4) is 0 Å². The SMILES string of the molecule is CCOC(=O)c1cccc(NC(C)CCCC(F)(F)F)c1. The number of carbonyl (C=O) groups is 1. The van der Waals surface area contributed by atoms with Gasteiger partial charge < -0.3 is 10.1 Å². The zero-order chi connectivity index (χ0) is 15.9. The van der Waals surface area contributed by atoms with Crippen LogP contribution in [0.1, 0.15) is 43.5 Å². The lowest BCUT2D eigenvalue weighted by Crippen LogP contribution is -2.17. The zero-order valence-corrected chi connectivity index (χ0v) is 12.2. The lowest BCUT2D eigenvalue weighted by Gasteiger charge is -2.16. The van der Waals surface area contributed by atoms with E-state index >= 15 is 0 Å². The van der Waals surface area contributed by atoms with E-state index in [2.05, 4.69) is 5.32 Å². The molecular weight excluding hydrogens is 283 g/mol. The monoisotopic (exact) mass is 303 g/mol. The molecule has 0 saturated carbocycles. The van der Waals surface area contributed by atoms with Gasteiger partial charge in [0.2, 0.25) is 0 Å². The highest BCUT2D eigenvalue weighted by atomic mass is 19.4. The van der Waals surface area contributed by atoms with Crippen molar-refractivity contribution in [2.75, 3.05) is 11.9 Å². The van der Waals surface area contributed by atoms with Crippen LogP contribution in [0.25, 0.3) is 0 Å². The molecule has 0 spiro atoms. The Balaban J connectivity index is 2.50. The minimum atomic E-state index is -4.11. The summed E-state index contributed by atoms with van der Waals surface area (Å²) in [6, 6.07) is 6.64. The summed E-state index contributed by atoms with van der Waals surface area (Å²) in [4.78, 5) is 11.6. The van der Waals surface area contributed by atoms with Crippen molar-refractivity contribution in [3.05, 3.63) is 29.8 Å². The lowest BCUT2D eigenvalue weighted by atomic mass is 10.1. The number of alkyl halides is 3. The maximum absolute atomic E-state index is 12.1. The summed E-state index contributed by atoms with van der Waals surface area (Å²) in [5.74, 6) is -0.411. The van der Waals surface area contributed by atoms with Crippen LogP contribution in [0.4, 0.5) is 18.9 Å². The number of carbonyl (C=O) groups excluding carboxylic acids is 1. The summed E-state index contributed by atoms with van der Waals surface area (Å²) >= 11 is 0. The predicted octanol–water partition coefficient (Wildman–Crippen LogP) is 4.40. The molecule has 0 radical (unpaired) electrons. The van der Waals surface area contributed by atoms with Gasteiger partial charge in [-0.3, -0.25) is 0 Å². The molecule has 6 heteroatoms. The molecule has 1 N–H and O–H groups in total. The van der Waals surface area contributed by atoms with Crippen LogP contribution in [0, 0.1) is 0 Å². The number of esters is 1. The third-order valence-corrected chi connectivity index (χ3v) is 2.88. The van der Waals surface area contributed by atoms with Crippen molar-refractivity contribution >= 4 is 11.7 Å². The molecule has 0 amide bonds. The fourth-order valence-electron chi connectivity index (χ4n) is 1.92. The van der Waals surface area contributed by atoms with Gasteiger partial charge in [0, 0.05) is 18.2 Å². The molecule has 3 nitrogen and oxygen atoms in total. The first-order valence-corrected chi connectivity index (χ1v) is 6.92. The molecule has 0 aliphatic carbocycles. The second-order valence-corrected chi connectivity index (χ2v) is 4.85. The van der Waals surface area contributed by atoms with Crippen LogP contribution in [0.2, 0.25) is 0 Å². The Bertz CT molecular complexity index is 460. The largest absolute Gasteiger partial charge is 0.462 e. The van der Waals surface area contributed by atoms with E-state index < -0.39 is 18.6 Å². The van der Waals surface area contributed by atoms with Gasteiger partial charge in [-0.2, -0.15) is 13.2 Å². The predicted molar refractivity (Wildman–Crippen MR) is 75.4 cm³/mol. The molecule has 1 rings (SSSR count). The summed E-state index contributed by atoms with van der Waals surface area (Å²) in [5.41, 5.74) is 1.12. The van der Waals surface area contributed by atoms with Crippen molar-refractivity contribution in [1.29, 1.82) is 0 Å². The van der Waals surface area contributed by atoms with Crippen LogP contribution in [0.15, 0.2) is 24.3 Å². The van der Waals surface area contributed by atoms with E-state index in [1.165, 1.54) is 0 Å². The second-order valence-electron chi connectivity index (χ2n) is 4.85. The highest BCUT2D eigenvalue weighted by Gasteiger charge is 2.26. The number of ether oxygens (including phenoxy) is 1. The van der Waals surface area contributed by atoms with Crippen molar-refractivity contribution in [2.24, 2.45) is 0 Å². The quantitative estimate of drug-likeness (QED) is 0.759. The van der Waals surface area contributed by atoms with Crippen LogP contribution in [-0.4, -0.2) is 24.8 Å². The van der Waals surface area contributed by atoms with Crippen molar-refractivity contribution in [2.45, 2.75) is 45.3 Å². The van der Waals surface area contributed by atoms with Crippen LogP contribution in [-0.2, 0) is 4.74 Å². The number of nitrogens with one attached hydrogen (secondary N) is 1. The van der Waals surface area contributed by atoms with E-state index in [-0.39, 0.29) is 12.5 Å². The number of hydrogen-bond donors (Lipinski definition) is 1. The Hall–Kier alpha value is -1.72. The van der Waals surface area contributed by atoms with Crippen LogP contribution >= 0.6 is 0 Å². The first-order chi connectivity index (χ1) is 9.81. The van der Waals surface area contributed by atoms with Gasteiger partial charge in [-0.1, -0.05) is 6.07 Å². The maximum atomic E-state index is 12.1. The topological polar surface area (TPSA) is 38.3 Å². The minimum Gasteiger partial charge on any atom is -0.462 e. The van der Waals surface area contributed by atoms with E-state index in [1.54, 1.807) is 31.2 Å². The highest BCUT2D eigenvalue weighted by Crippen LogP contribution is 2.23. The molecule has 1 atom stereocenters. The van der Waals surface area contributed by atoms with E-state index in [9.17, 15) is 18.0 Å². The molecule has 0 aliphatic rings. The maximum Gasteiger partial charge on any atom is 0.389 e. The standard InChI is InChI=1S/C15H20F3NO2/c1-3-21-14(20)12-7-4-8-13(10-12)19-11(2)6-5-9-15(16,17)18/h4,7-8,10-11,19H,3,5-6,9H2,1-2H3. The van der Waals surface area contributed by atoms with Crippen LogP contribution in [0.5, 0.6) is 0 Å². The third kappa shape index (κ3) is 7.02. The Morgan fingerprint density at radius 2 is 2.10 bits per heavy atom. The van der Waals surface area contributed by atoms with Crippen LogP contribution in [0.3, 0.4) is 0 Å². The number of rotatable bonds is 7. The molecule has 0 aromatic heterocycles. The van der Waals surface area contributed by atoms with Crippen LogP contribution < -0.4 is 5.32 Å². The van der Waals surface area contributed by atoms with Crippen molar-refractivity contribution in [1.82, 2.24) is 0 Å². The zero-order valence-electron chi connectivity index (χ0n) is 12.2. The summed E-state index contributed by atoms with van der Waals surface area (Å²) < 4.78 is 41.1. The highest BCUT2D eigenvalue weighted by molar-refractivity contribution is 5.90. The Labute approximate surface area is 122 Å². The molecule has 0 aliphatic heterocycles. The lowest BCUT2D eigenvalue weighted by molar-refractivity contribution is -0.135. The molecule has 0 bridgehead atoms. The van der Waals surface area contributed by atoms with Gasteiger partial charge in [0.05, 0.1) is 12.2 Å². The average Bonchev–Trinajstić information content (AvgIpc) is 2.37. The first-order valence-electron chi connectivity index (χ1n) is 6.92. The second kappa shape index (κ2) is 7.90. The molecular formula is C15H20F3NO2. The third-order valence-electron chi connectivity index (χ3n) is 2.88. The van der Waals surface area contributed by atoms with Crippen molar-refractivity contribution < 1.29 is 22.7 Å². The Morgan fingerprint density at radius 3 is 2.71 bits per heavy atom. The molecule has 0 heterocycles. The van der Waals surface area contributed by atoms with E-state index in [0.717, 1.165) is 0 Å². The number of benzene rings is 1. The average molecular weight is 303 g/mol. The summed E-state index contributed by atoms with van der Waals surface area (Å²) in [7, 11) is 0. The molecule has 118 valence electrons.